The van der Waals surface area contributed by atoms with Crippen molar-refractivity contribution in [2.24, 2.45) is 0 Å². The number of ether oxygens (including phenoxy) is 3. The normalized spacial score (nSPS) is 15.2. The molecule has 3 aromatic rings. The fourth-order valence-corrected chi connectivity index (χ4v) is 4.85. The van der Waals surface area contributed by atoms with Gasteiger partial charge < -0.3 is 23.9 Å². The molecule has 0 unspecified atom stereocenters. The summed E-state index contributed by atoms with van der Waals surface area (Å²) in [5, 5.41) is 10.3. The molecule has 0 saturated carbocycles. The van der Waals surface area contributed by atoms with Crippen LogP contribution in [0.2, 0.25) is 0 Å². The van der Waals surface area contributed by atoms with Gasteiger partial charge in [-0.2, -0.15) is 0 Å². The molecular formula is C25H23F2NO5. The van der Waals surface area contributed by atoms with E-state index in [2.05, 4.69) is 9.47 Å². The fourth-order valence-electron chi connectivity index (χ4n) is 4.85. The second kappa shape index (κ2) is 7.23. The molecule has 0 spiro atoms. The number of aryl methyl sites for hydroxylation is 3. The van der Waals surface area contributed by atoms with Gasteiger partial charge in [0.15, 0.2) is 11.5 Å². The van der Waals surface area contributed by atoms with Crippen LogP contribution in [0, 0.1) is 20.8 Å². The van der Waals surface area contributed by atoms with E-state index in [0.717, 1.165) is 16.8 Å². The van der Waals surface area contributed by atoms with Crippen LogP contribution >= 0.6 is 0 Å². The fraction of sp³-hybridized carbons (Fsp3) is 0.320. The highest BCUT2D eigenvalue weighted by atomic mass is 19.3. The molecule has 172 valence electrons. The Hall–Kier alpha value is -3.55. The molecule has 0 atom stereocenters. The lowest BCUT2D eigenvalue weighted by Crippen LogP contribution is -2.25. The summed E-state index contributed by atoms with van der Waals surface area (Å²) in [6.07, 6.45) is -3.14. The molecule has 0 saturated heterocycles. The summed E-state index contributed by atoms with van der Waals surface area (Å²) in [5.74, 6) is -0.377. The second-order valence-electron chi connectivity index (χ2n) is 8.39. The lowest BCUT2D eigenvalue weighted by molar-refractivity contribution is -0.286. The number of fused-ring (bicyclic) bond motifs is 4. The Bertz CT molecular complexity index is 1300. The molecule has 2 aliphatic rings. The van der Waals surface area contributed by atoms with E-state index in [4.69, 9.17) is 4.74 Å². The number of hydrogen-bond acceptors (Lipinski definition) is 5. The number of hydrogen-bond donors (Lipinski definition) is 1. The molecule has 5 rings (SSSR count). The number of aromatic nitrogens is 1. The van der Waals surface area contributed by atoms with Gasteiger partial charge in [0.05, 0.1) is 17.9 Å². The van der Waals surface area contributed by atoms with Crippen LogP contribution in [0.1, 0.15) is 39.7 Å². The molecule has 0 bridgehead atoms. The minimum atomic E-state index is -3.72. The molecule has 2 aliphatic heterocycles. The van der Waals surface area contributed by atoms with E-state index in [1.54, 1.807) is 26.8 Å². The maximum atomic E-state index is 13.7. The first kappa shape index (κ1) is 21.3. The van der Waals surface area contributed by atoms with E-state index < -0.39 is 12.3 Å². The predicted octanol–water partition coefficient (Wildman–Crippen LogP) is 5.51. The van der Waals surface area contributed by atoms with Crippen molar-refractivity contribution in [3.8, 4) is 39.6 Å². The molecule has 8 heteroatoms. The summed E-state index contributed by atoms with van der Waals surface area (Å²) in [7, 11) is 0. The highest BCUT2D eigenvalue weighted by molar-refractivity contribution is 6.05. The number of halogens is 2. The predicted molar refractivity (Wildman–Crippen MR) is 117 cm³/mol. The average molecular weight is 455 g/mol. The zero-order chi connectivity index (χ0) is 23.7. The summed E-state index contributed by atoms with van der Waals surface area (Å²) >= 11 is 0. The number of carbonyl (C=O) groups is 1. The molecule has 0 aliphatic carbocycles. The largest absolute Gasteiger partial charge is 0.586 e. The third kappa shape index (κ3) is 3.23. The molecule has 1 N–H and O–H groups in total. The summed E-state index contributed by atoms with van der Waals surface area (Å²) in [5.41, 5.74) is 6.10. The van der Waals surface area contributed by atoms with Crippen molar-refractivity contribution in [1.29, 1.82) is 0 Å². The van der Waals surface area contributed by atoms with Gasteiger partial charge in [-0.25, -0.2) is 4.79 Å². The van der Waals surface area contributed by atoms with Crippen LogP contribution < -0.4 is 9.47 Å². The average Bonchev–Trinajstić information content (AvgIpc) is 3.21. The van der Waals surface area contributed by atoms with E-state index in [9.17, 15) is 18.7 Å². The summed E-state index contributed by atoms with van der Waals surface area (Å²) in [6, 6.07) is 6.73. The van der Waals surface area contributed by atoms with Crippen LogP contribution in [0.15, 0.2) is 24.3 Å². The van der Waals surface area contributed by atoms with Crippen molar-refractivity contribution in [1.82, 2.24) is 4.57 Å². The van der Waals surface area contributed by atoms with Crippen LogP contribution in [0.3, 0.4) is 0 Å². The zero-order valence-electron chi connectivity index (χ0n) is 18.7. The highest BCUT2D eigenvalue weighted by Crippen LogP contribution is 2.49. The Morgan fingerprint density at radius 1 is 1.12 bits per heavy atom. The molecule has 6 nitrogen and oxygen atoms in total. The third-order valence-corrected chi connectivity index (χ3v) is 6.27. The second-order valence-corrected chi connectivity index (χ2v) is 8.39. The minimum Gasteiger partial charge on any atom is -0.507 e. The molecular weight excluding hydrogens is 432 g/mol. The molecule has 0 amide bonds. The van der Waals surface area contributed by atoms with Crippen LogP contribution in [-0.4, -0.2) is 28.5 Å². The number of benzene rings is 2. The molecule has 3 heterocycles. The minimum absolute atomic E-state index is 0.0156. The number of carbonyl (C=O) groups excluding carboxylic acids is 1. The van der Waals surface area contributed by atoms with Gasteiger partial charge >= 0.3 is 12.3 Å². The summed E-state index contributed by atoms with van der Waals surface area (Å²) < 4.78 is 44.1. The van der Waals surface area contributed by atoms with E-state index in [1.807, 2.05) is 23.6 Å². The van der Waals surface area contributed by atoms with Gasteiger partial charge in [0.25, 0.3) is 0 Å². The van der Waals surface area contributed by atoms with E-state index in [1.165, 1.54) is 6.07 Å². The standard InChI is InChI=1S/C25H23F2NO5/c1-5-31-24(30)21-20(16-8-12(2)23(29)13(3)9-16)14(4)28-7-6-15-10-18-19(11-17(15)22(21)28)33-25(26,27)32-18/h8-11,29H,5-7H2,1-4H3. The van der Waals surface area contributed by atoms with Crippen LogP contribution in [-0.2, 0) is 17.7 Å². The highest BCUT2D eigenvalue weighted by Gasteiger charge is 2.44. The number of esters is 1. The number of aromatic hydroxyl groups is 1. The van der Waals surface area contributed by atoms with Crippen molar-refractivity contribution >= 4 is 5.97 Å². The maximum absolute atomic E-state index is 13.7. The number of alkyl halides is 2. The Balaban J connectivity index is 1.79. The van der Waals surface area contributed by atoms with E-state index in [-0.39, 0.29) is 23.9 Å². The first-order chi connectivity index (χ1) is 15.6. The molecule has 0 radical (unpaired) electrons. The Morgan fingerprint density at radius 3 is 2.39 bits per heavy atom. The van der Waals surface area contributed by atoms with Crippen LogP contribution in [0.25, 0.3) is 22.4 Å². The molecule has 2 aromatic carbocycles. The lowest BCUT2D eigenvalue weighted by Gasteiger charge is -2.22. The van der Waals surface area contributed by atoms with Gasteiger partial charge in [-0.05, 0) is 80.6 Å². The monoisotopic (exact) mass is 455 g/mol. The SMILES string of the molecule is CCOC(=O)c1c(-c2cc(C)c(O)c(C)c2)c(C)n2c1-c1cc3c(cc1CC2)OC(F)(F)O3. The molecule has 33 heavy (non-hydrogen) atoms. The van der Waals surface area contributed by atoms with Crippen molar-refractivity contribution in [2.45, 2.75) is 47.0 Å². The lowest BCUT2D eigenvalue weighted by atomic mass is 9.92. The van der Waals surface area contributed by atoms with Gasteiger partial charge in [0, 0.05) is 23.4 Å². The summed E-state index contributed by atoms with van der Waals surface area (Å²) in [6.45, 7) is 8.01. The maximum Gasteiger partial charge on any atom is 0.586 e. The van der Waals surface area contributed by atoms with E-state index >= 15 is 0 Å². The van der Waals surface area contributed by atoms with Crippen LogP contribution in [0.4, 0.5) is 8.78 Å². The van der Waals surface area contributed by atoms with Crippen molar-refractivity contribution in [3.05, 3.63) is 52.2 Å². The molecule has 0 fully saturated rings. The van der Waals surface area contributed by atoms with Gasteiger partial charge in [0.2, 0.25) is 0 Å². The van der Waals surface area contributed by atoms with Gasteiger partial charge in [-0.15, -0.1) is 8.78 Å². The van der Waals surface area contributed by atoms with Gasteiger partial charge in [-0.3, -0.25) is 0 Å². The van der Waals surface area contributed by atoms with Crippen molar-refractivity contribution < 1.29 is 32.9 Å². The topological polar surface area (TPSA) is 69.9 Å². The van der Waals surface area contributed by atoms with Crippen molar-refractivity contribution in [3.63, 3.8) is 0 Å². The number of nitrogens with zero attached hydrogens (tertiary/aromatic N) is 1. The van der Waals surface area contributed by atoms with Crippen molar-refractivity contribution in [2.75, 3.05) is 6.61 Å². The number of phenolic OH excluding ortho intramolecular Hbond substituents is 1. The Labute approximate surface area is 189 Å². The van der Waals surface area contributed by atoms with E-state index in [0.29, 0.717) is 46.5 Å². The third-order valence-electron chi connectivity index (χ3n) is 6.27. The first-order valence-corrected chi connectivity index (χ1v) is 10.7. The number of phenols is 1. The Kier molecular flexibility index (Phi) is 4.67. The quantitative estimate of drug-likeness (QED) is 0.528. The first-order valence-electron chi connectivity index (χ1n) is 10.7. The van der Waals surface area contributed by atoms with Gasteiger partial charge in [0.1, 0.15) is 5.75 Å². The van der Waals surface area contributed by atoms with Crippen LogP contribution in [0.5, 0.6) is 17.2 Å². The smallest absolute Gasteiger partial charge is 0.507 e. The Morgan fingerprint density at radius 2 is 1.76 bits per heavy atom. The number of rotatable bonds is 3. The summed E-state index contributed by atoms with van der Waals surface area (Å²) in [4.78, 5) is 13.2. The molecule has 1 aromatic heterocycles. The van der Waals surface area contributed by atoms with Gasteiger partial charge in [-0.1, -0.05) is 0 Å². The zero-order valence-corrected chi connectivity index (χ0v) is 18.7.